The van der Waals surface area contributed by atoms with E-state index in [0.29, 0.717) is 0 Å². The number of aromatic hydroxyl groups is 1. The number of pyridine rings is 1. The van der Waals surface area contributed by atoms with Crippen molar-refractivity contribution in [2.45, 2.75) is 19.6 Å². The molecule has 0 saturated carbocycles. The molecule has 0 atom stereocenters. The quantitative estimate of drug-likeness (QED) is 0.676. The van der Waals surface area contributed by atoms with Crippen LogP contribution in [0.15, 0.2) is 6.07 Å². The minimum Gasteiger partial charge on any atom is -0.506 e. The van der Waals surface area contributed by atoms with Gasteiger partial charge in [-0.2, -0.15) is 0 Å². The van der Waals surface area contributed by atoms with E-state index in [4.69, 9.17) is 15.9 Å². The fourth-order valence-electron chi connectivity index (χ4n) is 1.07. The maximum atomic E-state index is 12.3. The van der Waals surface area contributed by atoms with E-state index >= 15 is 0 Å². The molecule has 4 nitrogen and oxygen atoms in total. The zero-order valence-electron chi connectivity index (χ0n) is 7.24. The number of nitrogens with two attached hydrogens (primary N) is 1. The van der Waals surface area contributed by atoms with Gasteiger partial charge in [0.15, 0.2) is 0 Å². The molecule has 0 amide bonds. The fraction of sp³-hybridized carbons (Fsp3) is 0.375. The third-order valence-electron chi connectivity index (χ3n) is 1.77. The van der Waals surface area contributed by atoms with Gasteiger partial charge in [-0.1, -0.05) is 0 Å². The van der Waals surface area contributed by atoms with Gasteiger partial charge in [0.25, 0.3) is 6.43 Å². The summed E-state index contributed by atoms with van der Waals surface area (Å²) >= 11 is 0. The number of aliphatic hydroxyl groups excluding tert-OH is 1. The first-order valence-corrected chi connectivity index (χ1v) is 3.90. The SMILES string of the molecule is NCc1nc(C(F)F)c(O)cc1CO. The van der Waals surface area contributed by atoms with Gasteiger partial charge in [-0.25, -0.2) is 13.8 Å². The summed E-state index contributed by atoms with van der Waals surface area (Å²) in [5.74, 6) is -0.624. The van der Waals surface area contributed by atoms with Crippen molar-refractivity contribution >= 4 is 0 Å². The molecule has 0 spiro atoms. The molecule has 0 aliphatic rings. The van der Waals surface area contributed by atoms with Crippen LogP contribution in [-0.2, 0) is 13.2 Å². The van der Waals surface area contributed by atoms with E-state index < -0.39 is 24.5 Å². The van der Waals surface area contributed by atoms with Crippen LogP contribution in [0.1, 0.15) is 23.4 Å². The summed E-state index contributed by atoms with van der Waals surface area (Å²) < 4.78 is 24.5. The summed E-state index contributed by atoms with van der Waals surface area (Å²) in [5.41, 5.74) is 4.97. The molecule has 4 N–H and O–H groups in total. The molecule has 0 radical (unpaired) electrons. The number of rotatable bonds is 3. The normalized spacial score (nSPS) is 10.9. The van der Waals surface area contributed by atoms with E-state index in [1.807, 2.05) is 0 Å². The van der Waals surface area contributed by atoms with Crippen LogP contribution in [-0.4, -0.2) is 15.2 Å². The molecule has 14 heavy (non-hydrogen) atoms. The van der Waals surface area contributed by atoms with Crippen molar-refractivity contribution in [2.75, 3.05) is 0 Å². The largest absolute Gasteiger partial charge is 0.506 e. The number of hydrogen-bond acceptors (Lipinski definition) is 4. The van der Waals surface area contributed by atoms with Gasteiger partial charge >= 0.3 is 0 Å². The van der Waals surface area contributed by atoms with E-state index in [0.717, 1.165) is 6.07 Å². The molecule has 0 aliphatic heterocycles. The Hall–Kier alpha value is -1.27. The molecule has 0 aromatic carbocycles. The van der Waals surface area contributed by atoms with E-state index in [1.165, 1.54) is 0 Å². The van der Waals surface area contributed by atoms with Crippen LogP contribution in [0.4, 0.5) is 8.78 Å². The van der Waals surface area contributed by atoms with Gasteiger partial charge in [0.1, 0.15) is 11.4 Å². The van der Waals surface area contributed by atoms with Crippen molar-refractivity contribution in [2.24, 2.45) is 5.73 Å². The monoisotopic (exact) mass is 204 g/mol. The third kappa shape index (κ3) is 1.97. The summed E-state index contributed by atoms with van der Waals surface area (Å²) in [5, 5.41) is 17.9. The molecule has 0 bridgehead atoms. The van der Waals surface area contributed by atoms with Crippen molar-refractivity contribution < 1.29 is 19.0 Å². The van der Waals surface area contributed by atoms with Gasteiger partial charge in [0, 0.05) is 12.1 Å². The highest BCUT2D eigenvalue weighted by Crippen LogP contribution is 2.27. The Kier molecular flexibility index (Phi) is 3.32. The Morgan fingerprint density at radius 3 is 2.57 bits per heavy atom. The number of hydrogen-bond donors (Lipinski definition) is 3. The second-order valence-corrected chi connectivity index (χ2v) is 2.66. The Morgan fingerprint density at radius 1 is 1.50 bits per heavy atom. The molecule has 0 unspecified atom stereocenters. The molecular formula is C8H10F2N2O2. The van der Waals surface area contributed by atoms with Crippen LogP contribution in [0, 0.1) is 0 Å². The molecule has 1 aromatic heterocycles. The summed E-state index contributed by atoms with van der Waals surface area (Å²) in [6.07, 6.45) is -2.85. The average Bonchev–Trinajstić information content (AvgIpc) is 2.16. The van der Waals surface area contributed by atoms with E-state index in [-0.39, 0.29) is 17.8 Å². The summed E-state index contributed by atoms with van der Waals surface area (Å²) in [4.78, 5) is 3.48. The number of alkyl halides is 2. The number of nitrogens with zero attached hydrogens (tertiary/aromatic N) is 1. The lowest BCUT2D eigenvalue weighted by Crippen LogP contribution is -2.07. The van der Waals surface area contributed by atoms with E-state index in [2.05, 4.69) is 4.98 Å². The van der Waals surface area contributed by atoms with Crippen LogP contribution >= 0.6 is 0 Å². The second-order valence-electron chi connectivity index (χ2n) is 2.66. The maximum absolute atomic E-state index is 12.3. The number of aromatic nitrogens is 1. The Balaban J connectivity index is 3.23. The Bertz CT molecular complexity index is 331. The van der Waals surface area contributed by atoms with Crippen molar-refractivity contribution in [3.05, 3.63) is 23.0 Å². The number of halogens is 2. The van der Waals surface area contributed by atoms with E-state index in [1.54, 1.807) is 0 Å². The summed E-state index contributed by atoms with van der Waals surface area (Å²) in [6.45, 7) is -0.452. The lowest BCUT2D eigenvalue weighted by Gasteiger charge is -2.08. The first kappa shape index (κ1) is 10.8. The highest BCUT2D eigenvalue weighted by atomic mass is 19.3. The zero-order chi connectivity index (χ0) is 10.7. The molecule has 0 aliphatic carbocycles. The average molecular weight is 204 g/mol. The first-order valence-electron chi connectivity index (χ1n) is 3.90. The van der Waals surface area contributed by atoms with Crippen molar-refractivity contribution in [1.29, 1.82) is 0 Å². The highest BCUT2D eigenvalue weighted by molar-refractivity contribution is 5.34. The smallest absolute Gasteiger partial charge is 0.284 e. The predicted molar refractivity (Wildman–Crippen MR) is 44.7 cm³/mol. The van der Waals surface area contributed by atoms with Crippen molar-refractivity contribution in [3.8, 4) is 5.75 Å². The van der Waals surface area contributed by atoms with Crippen LogP contribution < -0.4 is 5.73 Å². The Labute approximate surface area is 79.0 Å². The van der Waals surface area contributed by atoms with Gasteiger partial charge in [-0.15, -0.1) is 0 Å². The minimum atomic E-state index is -2.85. The molecule has 1 aromatic rings. The highest BCUT2D eigenvalue weighted by Gasteiger charge is 2.17. The molecule has 78 valence electrons. The maximum Gasteiger partial charge on any atom is 0.284 e. The van der Waals surface area contributed by atoms with E-state index in [9.17, 15) is 8.78 Å². The Morgan fingerprint density at radius 2 is 2.14 bits per heavy atom. The lowest BCUT2D eigenvalue weighted by molar-refractivity contribution is 0.141. The van der Waals surface area contributed by atoms with Gasteiger partial charge in [-0.05, 0) is 6.07 Å². The summed E-state index contributed by atoms with van der Waals surface area (Å²) in [7, 11) is 0. The molecule has 0 saturated heterocycles. The molecule has 0 fully saturated rings. The second kappa shape index (κ2) is 4.30. The number of aliphatic hydroxyl groups is 1. The predicted octanol–water partition coefficient (Wildman–Crippen LogP) is 0.676. The van der Waals surface area contributed by atoms with Crippen molar-refractivity contribution in [3.63, 3.8) is 0 Å². The summed E-state index contributed by atoms with van der Waals surface area (Å²) in [6, 6.07) is 1.05. The van der Waals surface area contributed by atoms with Crippen LogP contribution in [0.25, 0.3) is 0 Å². The van der Waals surface area contributed by atoms with Crippen molar-refractivity contribution in [1.82, 2.24) is 4.98 Å². The molecular weight excluding hydrogens is 194 g/mol. The topological polar surface area (TPSA) is 79.4 Å². The van der Waals surface area contributed by atoms with Gasteiger partial charge in [-0.3, -0.25) is 0 Å². The standard InChI is InChI=1S/C8H10F2N2O2/c9-8(10)7-6(14)1-4(3-13)5(2-11)12-7/h1,8,13-14H,2-3,11H2. The fourth-order valence-corrected chi connectivity index (χ4v) is 1.07. The van der Waals surface area contributed by atoms with Gasteiger partial charge in [0.05, 0.1) is 12.3 Å². The lowest BCUT2D eigenvalue weighted by atomic mass is 10.1. The molecule has 1 heterocycles. The van der Waals surface area contributed by atoms with Crippen LogP contribution in [0.5, 0.6) is 5.75 Å². The third-order valence-corrected chi connectivity index (χ3v) is 1.77. The molecule has 1 rings (SSSR count). The van der Waals surface area contributed by atoms with Gasteiger partial charge in [0.2, 0.25) is 0 Å². The van der Waals surface area contributed by atoms with Gasteiger partial charge < -0.3 is 15.9 Å². The first-order chi connectivity index (χ1) is 6.60. The zero-order valence-corrected chi connectivity index (χ0v) is 7.24. The van der Waals surface area contributed by atoms with Crippen LogP contribution in [0.2, 0.25) is 0 Å². The van der Waals surface area contributed by atoms with Crippen LogP contribution in [0.3, 0.4) is 0 Å². The molecule has 6 heteroatoms. The minimum absolute atomic E-state index is 0.0596.